The van der Waals surface area contributed by atoms with E-state index in [9.17, 15) is 23.9 Å². The molecule has 0 bridgehead atoms. The number of aliphatic hydroxyl groups is 1. The number of nitrogens with zero attached hydrogens (tertiary/aromatic N) is 4. The fourth-order valence-electron chi connectivity index (χ4n) is 3.59. The average Bonchev–Trinajstić information content (AvgIpc) is 3.12. The van der Waals surface area contributed by atoms with E-state index in [4.69, 9.17) is 0 Å². The number of benzene rings is 1. The first-order valence-electron chi connectivity index (χ1n) is 10.7. The first-order chi connectivity index (χ1) is 15.3. The molecule has 1 amide bonds. The predicted octanol–water partition coefficient (Wildman–Crippen LogP) is 2.15. The lowest BCUT2D eigenvalue weighted by Gasteiger charge is -2.13. The molecular formula is C22H28FN5O4. The highest BCUT2D eigenvalue weighted by Gasteiger charge is 2.22. The van der Waals surface area contributed by atoms with Gasteiger partial charge in [0.2, 0.25) is 5.91 Å². The SMILES string of the molecule is CCCCn1c(=O)n(CC(=O)Nc2ccc(C)c(F)c2)c(=O)c2c1nc(CO)n2CCC. The third-order valence-electron chi connectivity index (χ3n) is 5.27. The normalized spacial score (nSPS) is 11.3. The topological polar surface area (TPSA) is 111 Å². The number of rotatable bonds is 9. The number of amides is 1. The van der Waals surface area contributed by atoms with Crippen molar-refractivity contribution in [2.24, 2.45) is 0 Å². The average molecular weight is 445 g/mol. The molecule has 0 radical (unpaired) electrons. The summed E-state index contributed by atoms with van der Waals surface area (Å²) in [6.07, 6.45) is 2.18. The van der Waals surface area contributed by atoms with E-state index in [-0.39, 0.29) is 23.5 Å². The molecule has 32 heavy (non-hydrogen) atoms. The van der Waals surface area contributed by atoms with Crippen molar-refractivity contribution in [1.29, 1.82) is 0 Å². The minimum Gasteiger partial charge on any atom is -0.388 e. The standard InChI is InChI=1S/C22H28FN5O4/c1-4-6-10-27-20-19(26(9-5-2)17(13-29)25-20)21(31)28(22(27)32)12-18(30)24-15-8-7-14(3)16(23)11-15/h7-8,11,29H,4-6,9-10,12-13H2,1-3H3,(H,24,30). The zero-order valence-corrected chi connectivity index (χ0v) is 18.5. The minimum absolute atomic E-state index is 0.181. The van der Waals surface area contributed by atoms with E-state index in [1.54, 1.807) is 17.6 Å². The van der Waals surface area contributed by atoms with E-state index in [2.05, 4.69) is 10.3 Å². The number of carbonyl (C=O) groups excluding carboxylic acids is 1. The highest BCUT2D eigenvalue weighted by atomic mass is 19.1. The van der Waals surface area contributed by atoms with Crippen LogP contribution in [0.1, 0.15) is 44.5 Å². The smallest absolute Gasteiger partial charge is 0.333 e. The van der Waals surface area contributed by atoms with E-state index < -0.39 is 29.5 Å². The summed E-state index contributed by atoms with van der Waals surface area (Å²) in [5, 5.41) is 12.3. The van der Waals surface area contributed by atoms with Crippen molar-refractivity contribution in [3.8, 4) is 0 Å². The Bertz CT molecular complexity index is 1260. The summed E-state index contributed by atoms with van der Waals surface area (Å²) in [4.78, 5) is 43.4. The van der Waals surface area contributed by atoms with Gasteiger partial charge >= 0.3 is 5.69 Å². The predicted molar refractivity (Wildman–Crippen MR) is 119 cm³/mol. The van der Waals surface area contributed by atoms with Gasteiger partial charge in [-0.25, -0.2) is 18.7 Å². The summed E-state index contributed by atoms with van der Waals surface area (Å²) in [7, 11) is 0. The molecule has 2 N–H and O–H groups in total. The van der Waals surface area contributed by atoms with Crippen molar-refractivity contribution in [3.63, 3.8) is 0 Å². The number of fused-ring (bicyclic) bond motifs is 1. The van der Waals surface area contributed by atoms with Crippen molar-refractivity contribution in [2.45, 2.75) is 66.3 Å². The number of imidazole rings is 1. The second kappa shape index (κ2) is 9.90. The molecule has 1 aromatic carbocycles. The number of hydrogen-bond acceptors (Lipinski definition) is 5. The Labute approximate surface area is 184 Å². The van der Waals surface area contributed by atoms with Crippen LogP contribution in [0.3, 0.4) is 0 Å². The second-order valence-corrected chi connectivity index (χ2v) is 7.70. The number of aryl methyl sites for hydroxylation is 3. The molecule has 9 nitrogen and oxygen atoms in total. The molecule has 2 heterocycles. The maximum Gasteiger partial charge on any atom is 0.333 e. The number of carbonyl (C=O) groups is 1. The highest BCUT2D eigenvalue weighted by molar-refractivity contribution is 5.90. The number of aliphatic hydroxyl groups excluding tert-OH is 1. The molecule has 172 valence electrons. The molecule has 0 spiro atoms. The third-order valence-corrected chi connectivity index (χ3v) is 5.27. The van der Waals surface area contributed by atoms with Crippen molar-refractivity contribution >= 4 is 22.8 Å². The molecule has 2 aromatic heterocycles. The van der Waals surface area contributed by atoms with Crippen LogP contribution in [0, 0.1) is 12.7 Å². The number of halogens is 1. The summed E-state index contributed by atoms with van der Waals surface area (Å²) >= 11 is 0. The molecule has 3 aromatic rings. The van der Waals surface area contributed by atoms with Crippen molar-refractivity contribution in [3.05, 3.63) is 56.2 Å². The van der Waals surface area contributed by atoms with Crippen molar-refractivity contribution in [1.82, 2.24) is 18.7 Å². The molecule has 0 saturated carbocycles. The van der Waals surface area contributed by atoms with Gasteiger partial charge in [-0.05, 0) is 37.5 Å². The van der Waals surface area contributed by atoms with Crippen LogP contribution in [0.15, 0.2) is 27.8 Å². The maximum absolute atomic E-state index is 13.8. The molecule has 0 atom stereocenters. The lowest BCUT2D eigenvalue weighted by Crippen LogP contribution is -2.43. The fraction of sp³-hybridized carbons (Fsp3) is 0.455. The van der Waals surface area contributed by atoms with Crippen LogP contribution < -0.4 is 16.6 Å². The van der Waals surface area contributed by atoms with Crippen LogP contribution in [-0.4, -0.2) is 29.7 Å². The Hall–Kier alpha value is -3.27. The first kappa shape index (κ1) is 23.4. The van der Waals surface area contributed by atoms with E-state index in [0.29, 0.717) is 37.3 Å². The molecular weight excluding hydrogens is 417 g/mol. The quantitative estimate of drug-likeness (QED) is 0.524. The molecule has 0 fully saturated rings. The Balaban J connectivity index is 2.09. The lowest BCUT2D eigenvalue weighted by molar-refractivity contribution is -0.116. The van der Waals surface area contributed by atoms with Crippen molar-refractivity contribution < 1.29 is 14.3 Å². The van der Waals surface area contributed by atoms with Crippen LogP contribution in [0.5, 0.6) is 0 Å². The Morgan fingerprint density at radius 2 is 1.88 bits per heavy atom. The maximum atomic E-state index is 13.8. The van der Waals surface area contributed by atoms with E-state index in [1.165, 1.54) is 16.7 Å². The van der Waals surface area contributed by atoms with Gasteiger partial charge in [0.15, 0.2) is 11.2 Å². The summed E-state index contributed by atoms with van der Waals surface area (Å²) < 4.78 is 17.6. The van der Waals surface area contributed by atoms with E-state index in [1.807, 2.05) is 13.8 Å². The first-order valence-corrected chi connectivity index (χ1v) is 10.7. The van der Waals surface area contributed by atoms with Crippen LogP contribution >= 0.6 is 0 Å². The van der Waals surface area contributed by atoms with Gasteiger partial charge in [-0.3, -0.25) is 14.2 Å². The largest absolute Gasteiger partial charge is 0.388 e. The van der Waals surface area contributed by atoms with Gasteiger partial charge in [0.25, 0.3) is 5.56 Å². The molecule has 0 saturated heterocycles. The van der Waals surface area contributed by atoms with Crippen LogP contribution in [0.25, 0.3) is 11.2 Å². The summed E-state index contributed by atoms with van der Waals surface area (Å²) in [6, 6.07) is 4.26. The lowest BCUT2D eigenvalue weighted by atomic mass is 10.2. The number of nitrogens with one attached hydrogen (secondary N) is 1. The molecule has 0 aliphatic carbocycles. The Morgan fingerprint density at radius 1 is 1.12 bits per heavy atom. The van der Waals surface area contributed by atoms with Crippen LogP contribution in [0.2, 0.25) is 0 Å². The number of anilines is 1. The van der Waals surface area contributed by atoms with Gasteiger partial charge in [0.1, 0.15) is 24.8 Å². The summed E-state index contributed by atoms with van der Waals surface area (Å²) in [5.41, 5.74) is -0.232. The van der Waals surface area contributed by atoms with E-state index >= 15 is 0 Å². The van der Waals surface area contributed by atoms with Gasteiger partial charge in [0.05, 0.1) is 0 Å². The van der Waals surface area contributed by atoms with Gasteiger partial charge in [-0.15, -0.1) is 0 Å². The molecule has 10 heteroatoms. The molecule has 0 unspecified atom stereocenters. The van der Waals surface area contributed by atoms with Gasteiger partial charge in [0, 0.05) is 18.8 Å². The van der Waals surface area contributed by atoms with Gasteiger partial charge < -0.3 is 15.0 Å². The van der Waals surface area contributed by atoms with Crippen LogP contribution in [0.4, 0.5) is 10.1 Å². The summed E-state index contributed by atoms with van der Waals surface area (Å²) in [5.74, 6) is -0.804. The third kappa shape index (κ3) is 4.50. The fourth-order valence-corrected chi connectivity index (χ4v) is 3.59. The second-order valence-electron chi connectivity index (χ2n) is 7.70. The van der Waals surface area contributed by atoms with E-state index in [0.717, 1.165) is 11.0 Å². The molecule has 0 aliphatic rings. The van der Waals surface area contributed by atoms with Gasteiger partial charge in [-0.2, -0.15) is 0 Å². The van der Waals surface area contributed by atoms with Crippen LogP contribution in [-0.2, 0) is 31.0 Å². The van der Waals surface area contributed by atoms with Gasteiger partial charge in [-0.1, -0.05) is 26.3 Å². The Morgan fingerprint density at radius 3 is 2.50 bits per heavy atom. The molecule has 0 aliphatic heterocycles. The highest BCUT2D eigenvalue weighted by Crippen LogP contribution is 2.15. The number of unbranched alkanes of at least 4 members (excludes halogenated alkanes) is 1. The zero-order chi connectivity index (χ0) is 23.4. The monoisotopic (exact) mass is 445 g/mol. The number of hydrogen-bond donors (Lipinski definition) is 2. The molecule has 3 rings (SSSR count). The van der Waals surface area contributed by atoms with Crippen molar-refractivity contribution in [2.75, 3.05) is 5.32 Å². The minimum atomic E-state index is -0.649. The number of aromatic nitrogens is 4. The summed E-state index contributed by atoms with van der Waals surface area (Å²) in [6.45, 7) is 5.35. The Kier molecular flexibility index (Phi) is 7.24. The zero-order valence-electron chi connectivity index (χ0n) is 18.5.